The Morgan fingerprint density at radius 2 is 1.85 bits per heavy atom. The highest BCUT2D eigenvalue weighted by Crippen LogP contribution is 2.40. The predicted molar refractivity (Wildman–Crippen MR) is 88.6 cm³/mol. The van der Waals surface area contributed by atoms with Crippen LogP contribution in [-0.4, -0.2) is 21.7 Å². The zero-order valence-corrected chi connectivity index (χ0v) is 15.7. The molecule has 0 fully saturated rings. The molecular weight excluding hydrogens is 408 g/mol. The number of nitrogens with zero attached hydrogens (tertiary/aromatic N) is 1. The summed E-state index contributed by atoms with van der Waals surface area (Å²) in [6.45, 7) is 3.03. The Hall–Kier alpha value is 0.190. The SMILES string of the molecule is C[S+](/N=C(\[O-])OC(C)(C)C(Cl)(Cl)Cl)c1ccccc1Br. The number of halogens is 4. The third-order valence-electron chi connectivity index (χ3n) is 2.39. The van der Waals surface area contributed by atoms with Crippen molar-refractivity contribution >= 4 is 67.9 Å². The van der Waals surface area contributed by atoms with Gasteiger partial charge >= 0.3 is 0 Å². The topological polar surface area (TPSA) is 44.7 Å². The van der Waals surface area contributed by atoms with Crippen LogP contribution in [0, 0.1) is 0 Å². The average molecular weight is 422 g/mol. The van der Waals surface area contributed by atoms with Crippen molar-refractivity contribution in [1.82, 2.24) is 0 Å². The van der Waals surface area contributed by atoms with Gasteiger partial charge in [-0.2, -0.15) is 0 Å². The molecule has 0 aromatic heterocycles. The van der Waals surface area contributed by atoms with E-state index in [9.17, 15) is 5.11 Å². The first-order chi connectivity index (χ1) is 9.04. The summed E-state index contributed by atoms with van der Waals surface area (Å²) in [5.74, 6) is 0. The molecule has 1 rings (SSSR count). The molecule has 1 unspecified atom stereocenters. The summed E-state index contributed by atoms with van der Waals surface area (Å²) in [5.41, 5.74) is -1.27. The van der Waals surface area contributed by atoms with Crippen LogP contribution < -0.4 is 5.11 Å². The summed E-state index contributed by atoms with van der Waals surface area (Å²) in [5, 5.41) is 11.8. The van der Waals surface area contributed by atoms with Crippen LogP contribution in [0.1, 0.15) is 13.8 Å². The van der Waals surface area contributed by atoms with Crippen LogP contribution in [0.5, 0.6) is 0 Å². The highest BCUT2D eigenvalue weighted by Gasteiger charge is 2.38. The van der Waals surface area contributed by atoms with Gasteiger partial charge in [-0.3, -0.25) is 0 Å². The van der Waals surface area contributed by atoms with Crippen molar-refractivity contribution in [2.75, 3.05) is 6.26 Å². The van der Waals surface area contributed by atoms with Gasteiger partial charge in [0.25, 0.3) is 0 Å². The van der Waals surface area contributed by atoms with Gasteiger partial charge < -0.3 is 9.84 Å². The second-order valence-corrected chi connectivity index (χ2v) is 9.09. The van der Waals surface area contributed by atoms with Gasteiger partial charge in [0.1, 0.15) is 6.26 Å². The van der Waals surface area contributed by atoms with E-state index in [0.717, 1.165) is 9.37 Å². The molecule has 1 aromatic carbocycles. The van der Waals surface area contributed by atoms with Crippen molar-refractivity contribution in [2.24, 2.45) is 4.40 Å². The van der Waals surface area contributed by atoms with Crippen molar-refractivity contribution < 1.29 is 9.84 Å². The minimum Gasteiger partial charge on any atom is -0.587 e. The number of hydrogen-bond acceptors (Lipinski definition) is 3. The molecule has 0 heterocycles. The molecule has 0 aliphatic carbocycles. The van der Waals surface area contributed by atoms with Crippen LogP contribution in [0.3, 0.4) is 0 Å². The van der Waals surface area contributed by atoms with Crippen molar-refractivity contribution in [3.63, 3.8) is 0 Å². The molecule has 0 aliphatic rings. The van der Waals surface area contributed by atoms with E-state index < -0.39 is 26.6 Å². The summed E-state index contributed by atoms with van der Waals surface area (Å²) in [6, 6.07) is 7.51. The highest BCUT2D eigenvalue weighted by molar-refractivity contribution is 9.10. The standard InChI is InChI=1S/C12H13BrCl3NO2S/c1-11(2,12(14,15)16)19-10(18)17-20(3)9-7-5-4-6-8(9)13/h4-7H,1-3H3. The van der Waals surface area contributed by atoms with Gasteiger partial charge in [0.05, 0.1) is 10.1 Å². The molecule has 0 radical (unpaired) electrons. The van der Waals surface area contributed by atoms with Crippen molar-refractivity contribution in [2.45, 2.75) is 28.1 Å². The summed E-state index contributed by atoms with van der Waals surface area (Å²) < 4.78 is 8.25. The molecule has 1 aromatic rings. The monoisotopic (exact) mass is 419 g/mol. The first kappa shape index (κ1) is 18.2. The fraction of sp³-hybridized carbons (Fsp3) is 0.417. The first-order valence-electron chi connectivity index (χ1n) is 5.46. The van der Waals surface area contributed by atoms with Crippen molar-refractivity contribution in [1.29, 1.82) is 0 Å². The summed E-state index contributed by atoms with van der Waals surface area (Å²) in [4.78, 5) is 0.899. The van der Waals surface area contributed by atoms with Crippen molar-refractivity contribution in [3.05, 3.63) is 28.7 Å². The number of rotatable bonds is 3. The maximum atomic E-state index is 11.8. The first-order valence-corrected chi connectivity index (χ1v) is 8.98. The van der Waals surface area contributed by atoms with E-state index in [2.05, 4.69) is 20.3 Å². The quantitative estimate of drug-likeness (QED) is 0.322. The zero-order chi connectivity index (χ0) is 15.6. The lowest BCUT2D eigenvalue weighted by molar-refractivity contribution is -0.260. The fourth-order valence-electron chi connectivity index (χ4n) is 1.14. The van der Waals surface area contributed by atoms with Crippen LogP contribution in [0.4, 0.5) is 0 Å². The van der Waals surface area contributed by atoms with E-state index in [1.165, 1.54) is 13.8 Å². The normalized spacial score (nSPS) is 15.1. The van der Waals surface area contributed by atoms with Gasteiger partial charge in [0, 0.05) is 0 Å². The Labute approximate surface area is 144 Å². The van der Waals surface area contributed by atoms with Gasteiger partial charge in [0.2, 0.25) is 9.88 Å². The molecule has 0 aliphatic heterocycles. The predicted octanol–water partition coefficient (Wildman–Crippen LogP) is 3.85. The second kappa shape index (κ2) is 6.97. The Kier molecular flexibility index (Phi) is 6.35. The summed E-state index contributed by atoms with van der Waals surface area (Å²) >= 11 is 20.0. The molecule has 0 amide bonds. The lowest BCUT2D eigenvalue weighted by Gasteiger charge is -2.38. The molecule has 20 heavy (non-hydrogen) atoms. The molecule has 8 heteroatoms. The second-order valence-electron chi connectivity index (χ2n) is 4.38. The van der Waals surface area contributed by atoms with Crippen LogP contribution >= 0.6 is 50.7 Å². The van der Waals surface area contributed by atoms with Gasteiger partial charge in [-0.05, 0) is 46.3 Å². The van der Waals surface area contributed by atoms with Gasteiger partial charge in [-0.25, -0.2) is 0 Å². The maximum absolute atomic E-state index is 11.8. The van der Waals surface area contributed by atoms with Gasteiger partial charge in [-0.1, -0.05) is 46.9 Å². The van der Waals surface area contributed by atoms with E-state index in [1.807, 2.05) is 30.5 Å². The van der Waals surface area contributed by atoms with Gasteiger partial charge in [-0.15, -0.1) is 0 Å². The van der Waals surface area contributed by atoms with E-state index in [-0.39, 0.29) is 0 Å². The molecule has 0 bridgehead atoms. The Bertz CT molecular complexity index is 506. The van der Waals surface area contributed by atoms with Crippen LogP contribution in [0.25, 0.3) is 0 Å². The number of hydrogen-bond donors (Lipinski definition) is 0. The van der Waals surface area contributed by atoms with Crippen LogP contribution in [0.2, 0.25) is 0 Å². The molecule has 0 N–H and O–H groups in total. The molecule has 0 saturated carbocycles. The number of alkyl halides is 3. The Morgan fingerprint density at radius 3 is 2.35 bits per heavy atom. The molecule has 3 nitrogen and oxygen atoms in total. The maximum Gasteiger partial charge on any atom is 0.205 e. The fourth-order valence-corrected chi connectivity index (χ4v) is 3.23. The third kappa shape index (κ3) is 4.88. The molecule has 112 valence electrons. The average Bonchev–Trinajstić information content (AvgIpc) is 2.26. The minimum atomic E-state index is -1.72. The zero-order valence-electron chi connectivity index (χ0n) is 11.0. The van der Waals surface area contributed by atoms with Crippen LogP contribution in [0.15, 0.2) is 38.0 Å². The van der Waals surface area contributed by atoms with Crippen LogP contribution in [-0.2, 0) is 15.8 Å². The van der Waals surface area contributed by atoms with Gasteiger partial charge in [0.15, 0.2) is 16.0 Å². The largest absolute Gasteiger partial charge is 0.587 e. The highest BCUT2D eigenvalue weighted by atomic mass is 79.9. The number of ether oxygens (including phenoxy) is 1. The lowest BCUT2D eigenvalue weighted by atomic mass is 10.2. The molecular formula is C12H13BrCl3NO2S. The third-order valence-corrected chi connectivity index (χ3v) is 6.13. The Balaban J connectivity index is 2.87. The van der Waals surface area contributed by atoms with E-state index in [0.29, 0.717) is 0 Å². The lowest BCUT2D eigenvalue weighted by Crippen LogP contribution is -2.44. The summed E-state index contributed by atoms with van der Waals surface area (Å²) in [6.07, 6.45) is 1.05. The summed E-state index contributed by atoms with van der Waals surface area (Å²) in [7, 11) is 0. The van der Waals surface area contributed by atoms with E-state index >= 15 is 0 Å². The molecule has 0 saturated heterocycles. The molecule has 0 spiro atoms. The van der Waals surface area contributed by atoms with E-state index in [4.69, 9.17) is 39.5 Å². The Morgan fingerprint density at radius 1 is 1.30 bits per heavy atom. The van der Waals surface area contributed by atoms with E-state index in [1.54, 1.807) is 0 Å². The smallest absolute Gasteiger partial charge is 0.205 e. The van der Waals surface area contributed by atoms with Crippen molar-refractivity contribution in [3.8, 4) is 0 Å². The number of benzene rings is 1. The minimum absolute atomic E-state index is 0.662. The molecule has 1 atom stereocenters.